The molecule has 5 heteroatoms. The van der Waals surface area contributed by atoms with E-state index < -0.39 is 27.0 Å². The van der Waals surface area contributed by atoms with Crippen LogP contribution < -0.4 is 0 Å². The van der Waals surface area contributed by atoms with Crippen molar-refractivity contribution < 1.29 is 12.8 Å². The first kappa shape index (κ1) is 10.4. The number of sulfone groups is 1. The number of halogens is 1. The average Bonchev–Trinajstić information content (AvgIpc) is 1.55. The van der Waals surface area contributed by atoms with E-state index in [1.807, 2.05) is 0 Å². The molecule has 0 aromatic carbocycles. The van der Waals surface area contributed by atoms with Crippen molar-refractivity contribution in [3.05, 3.63) is 0 Å². The summed E-state index contributed by atoms with van der Waals surface area (Å²) in [5.74, 6) is -1.20. The lowest BCUT2D eigenvalue weighted by atomic mass is 10.2. The van der Waals surface area contributed by atoms with Crippen LogP contribution in [0.3, 0.4) is 0 Å². The molecule has 64 valence electrons. The highest BCUT2D eigenvalue weighted by atomic mass is 32.2. The second-order valence-corrected chi connectivity index (χ2v) is 4.97. The predicted molar refractivity (Wildman–Crippen MR) is 39.5 cm³/mol. The maximum atomic E-state index is 12.7. The number of nitriles is 1. The summed E-state index contributed by atoms with van der Waals surface area (Å²) >= 11 is 0. The standard InChI is InChI=1S/C6H10FNO2S/c1-6(2,7)5-11(9,10)4-3-8/h4-5H2,1-2H3. The third kappa shape index (κ3) is 5.80. The molecule has 0 atom stereocenters. The van der Waals surface area contributed by atoms with Gasteiger partial charge in [0.1, 0.15) is 11.4 Å². The second-order valence-electron chi connectivity index (χ2n) is 2.91. The van der Waals surface area contributed by atoms with Crippen molar-refractivity contribution in [3.8, 4) is 6.07 Å². The fraction of sp³-hybridized carbons (Fsp3) is 0.833. The van der Waals surface area contributed by atoms with E-state index in [4.69, 9.17) is 5.26 Å². The lowest BCUT2D eigenvalue weighted by Gasteiger charge is -2.11. The van der Waals surface area contributed by atoms with Gasteiger partial charge >= 0.3 is 0 Å². The fourth-order valence-electron chi connectivity index (χ4n) is 0.672. The number of hydrogen-bond donors (Lipinski definition) is 0. The van der Waals surface area contributed by atoms with E-state index in [-0.39, 0.29) is 0 Å². The molecule has 0 bridgehead atoms. The molecule has 0 radical (unpaired) electrons. The molecule has 0 heterocycles. The first-order chi connectivity index (χ1) is 4.77. The zero-order valence-corrected chi connectivity index (χ0v) is 7.28. The second kappa shape index (κ2) is 3.18. The van der Waals surface area contributed by atoms with E-state index in [0.29, 0.717) is 0 Å². The number of rotatable bonds is 3. The molecule has 0 spiro atoms. The maximum Gasteiger partial charge on any atom is 0.166 e. The van der Waals surface area contributed by atoms with Gasteiger partial charge in [0.15, 0.2) is 9.84 Å². The van der Waals surface area contributed by atoms with E-state index in [2.05, 4.69) is 0 Å². The van der Waals surface area contributed by atoms with Crippen LogP contribution in [0, 0.1) is 11.3 Å². The Morgan fingerprint density at radius 1 is 1.55 bits per heavy atom. The summed E-state index contributed by atoms with van der Waals surface area (Å²) in [4.78, 5) is 0. The molecule has 0 saturated heterocycles. The van der Waals surface area contributed by atoms with Gasteiger partial charge in [0.05, 0.1) is 11.8 Å². The molecule has 0 amide bonds. The summed E-state index contributed by atoms with van der Waals surface area (Å²) in [6.45, 7) is 2.34. The van der Waals surface area contributed by atoms with Crippen LogP contribution in [0.1, 0.15) is 13.8 Å². The Morgan fingerprint density at radius 3 is 2.27 bits per heavy atom. The molecule has 0 unspecified atom stereocenters. The van der Waals surface area contributed by atoms with Crippen LogP contribution >= 0.6 is 0 Å². The van der Waals surface area contributed by atoms with E-state index in [9.17, 15) is 12.8 Å². The molecule has 0 fully saturated rings. The first-order valence-electron chi connectivity index (χ1n) is 3.03. The molecule has 0 aliphatic rings. The Labute approximate surface area is 65.7 Å². The third-order valence-electron chi connectivity index (χ3n) is 0.848. The molecule has 0 aromatic rings. The SMILES string of the molecule is CC(C)(F)CS(=O)(=O)CC#N. The van der Waals surface area contributed by atoms with Crippen LogP contribution in [0.15, 0.2) is 0 Å². The van der Waals surface area contributed by atoms with Gasteiger partial charge in [-0.2, -0.15) is 5.26 Å². The maximum absolute atomic E-state index is 12.7. The van der Waals surface area contributed by atoms with E-state index in [1.165, 1.54) is 19.9 Å². The van der Waals surface area contributed by atoms with E-state index >= 15 is 0 Å². The molecular formula is C6H10FNO2S. The van der Waals surface area contributed by atoms with Gasteiger partial charge in [0.25, 0.3) is 0 Å². The van der Waals surface area contributed by atoms with Gasteiger partial charge in [-0.05, 0) is 13.8 Å². The Balaban J connectivity index is 4.30. The Morgan fingerprint density at radius 2 is 2.00 bits per heavy atom. The van der Waals surface area contributed by atoms with Gasteiger partial charge in [0, 0.05) is 0 Å². The van der Waals surface area contributed by atoms with Gasteiger partial charge in [0.2, 0.25) is 0 Å². The molecule has 0 aromatic heterocycles. The highest BCUT2D eigenvalue weighted by Crippen LogP contribution is 2.11. The molecule has 3 nitrogen and oxygen atoms in total. The molecule has 0 aliphatic carbocycles. The van der Waals surface area contributed by atoms with Crippen LogP contribution in [-0.4, -0.2) is 25.6 Å². The molecule has 0 saturated carbocycles. The van der Waals surface area contributed by atoms with Crippen LogP contribution in [0.5, 0.6) is 0 Å². The molecular weight excluding hydrogens is 169 g/mol. The molecule has 0 rings (SSSR count). The quantitative estimate of drug-likeness (QED) is 0.640. The predicted octanol–water partition coefficient (Wildman–Crippen LogP) is 0.673. The van der Waals surface area contributed by atoms with Crippen LogP contribution in [0.4, 0.5) is 4.39 Å². The summed E-state index contributed by atoms with van der Waals surface area (Å²) in [7, 11) is -3.53. The summed E-state index contributed by atoms with van der Waals surface area (Å²) in [5.41, 5.74) is -1.75. The smallest absolute Gasteiger partial charge is 0.166 e. The highest BCUT2D eigenvalue weighted by Gasteiger charge is 2.24. The first-order valence-corrected chi connectivity index (χ1v) is 4.85. The zero-order valence-electron chi connectivity index (χ0n) is 6.46. The normalized spacial score (nSPS) is 12.5. The average molecular weight is 179 g/mol. The largest absolute Gasteiger partial charge is 0.243 e. The van der Waals surface area contributed by atoms with Crippen molar-refractivity contribution in [1.82, 2.24) is 0 Å². The van der Waals surface area contributed by atoms with Gasteiger partial charge in [-0.3, -0.25) is 0 Å². The summed E-state index contributed by atoms with van der Waals surface area (Å²) in [5, 5.41) is 8.05. The van der Waals surface area contributed by atoms with Crippen LogP contribution in [0.25, 0.3) is 0 Å². The minimum Gasteiger partial charge on any atom is -0.243 e. The summed E-state index contributed by atoms with van der Waals surface area (Å²) in [6, 6.07) is 1.48. The van der Waals surface area contributed by atoms with Crippen molar-refractivity contribution in [2.24, 2.45) is 0 Å². The lowest BCUT2D eigenvalue weighted by Crippen LogP contribution is -2.26. The topological polar surface area (TPSA) is 57.9 Å². The fourth-order valence-corrected chi connectivity index (χ4v) is 2.02. The van der Waals surface area contributed by atoms with E-state index in [0.717, 1.165) is 0 Å². The van der Waals surface area contributed by atoms with Gasteiger partial charge in [-0.15, -0.1) is 0 Å². The van der Waals surface area contributed by atoms with Crippen LogP contribution in [-0.2, 0) is 9.84 Å². The Kier molecular flexibility index (Phi) is 3.00. The third-order valence-corrected chi connectivity index (χ3v) is 2.54. The van der Waals surface area contributed by atoms with Crippen molar-refractivity contribution in [3.63, 3.8) is 0 Å². The highest BCUT2D eigenvalue weighted by molar-refractivity contribution is 7.91. The molecule has 11 heavy (non-hydrogen) atoms. The Hall–Kier alpha value is -0.630. The Bertz CT molecular complexity index is 257. The summed E-state index contributed by atoms with van der Waals surface area (Å²) in [6.07, 6.45) is 0. The number of nitrogens with zero attached hydrogens (tertiary/aromatic N) is 1. The van der Waals surface area contributed by atoms with E-state index in [1.54, 1.807) is 0 Å². The minimum absolute atomic E-state index is 0.590. The van der Waals surface area contributed by atoms with Crippen molar-refractivity contribution in [2.45, 2.75) is 19.5 Å². The zero-order chi connectivity index (χ0) is 9.12. The van der Waals surface area contributed by atoms with Crippen LogP contribution in [0.2, 0.25) is 0 Å². The van der Waals surface area contributed by atoms with Gasteiger partial charge in [-0.25, -0.2) is 12.8 Å². The lowest BCUT2D eigenvalue weighted by molar-refractivity contribution is 0.249. The monoisotopic (exact) mass is 179 g/mol. The van der Waals surface area contributed by atoms with Crippen molar-refractivity contribution in [2.75, 3.05) is 11.5 Å². The summed E-state index contributed by atoms with van der Waals surface area (Å²) < 4.78 is 34.3. The van der Waals surface area contributed by atoms with Crippen molar-refractivity contribution >= 4 is 9.84 Å². The van der Waals surface area contributed by atoms with Gasteiger partial charge in [-0.1, -0.05) is 0 Å². The van der Waals surface area contributed by atoms with Gasteiger partial charge < -0.3 is 0 Å². The number of hydrogen-bond acceptors (Lipinski definition) is 3. The molecule has 0 N–H and O–H groups in total. The minimum atomic E-state index is -3.53. The van der Waals surface area contributed by atoms with Crippen molar-refractivity contribution in [1.29, 1.82) is 5.26 Å². The molecule has 0 aliphatic heterocycles. The number of alkyl halides is 1.